The van der Waals surface area contributed by atoms with E-state index >= 15 is 0 Å². The van der Waals surface area contributed by atoms with Crippen LogP contribution in [-0.2, 0) is 33.3 Å². The third-order valence-corrected chi connectivity index (χ3v) is 6.71. The van der Waals surface area contributed by atoms with Gasteiger partial charge in [0.1, 0.15) is 11.4 Å². The van der Waals surface area contributed by atoms with Crippen LogP contribution in [0.25, 0.3) is 11.1 Å². The van der Waals surface area contributed by atoms with Crippen molar-refractivity contribution in [3.8, 4) is 11.1 Å². The molecular formula is C26H33N3O5S. The van der Waals surface area contributed by atoms with Crippen LogP contribution >= 0.6 is 0 Å². The van der Waals surface area contributed by atoms with Crippen LogP contribution < -0.4 is 4.72 Å². The summed E-state index contributed by atoms with van der Waals surface area (Å²) in [6.45, 7) is 9.66. The SMILES string of the molecule is CCOC(=O)NS(=O)(=O)c1cc(CC(C)C)ccc1-c1ccc(Cn2ccnc2C(C)(C)O)cc1. The zero-order chi connectivity index (χ0) is 25.8. The van der Waals surface area contributed by atoms with Crippen molar-refractivity contribution in [2.75, 3.05) is 6.61 Å². The number of carbonyl (C=O) groups is 1. The van der Waals surface area contributed by atoms with E-state index in [1.54, 1.807) is 45.3 Å². The molecule has 8 nitrogen and oxygen atoms in total. The van der Waals surface area contributed by atoms with Crippen molar-refractivity contribution < 1.29 is 23.1 Å². The van der Waals surface area contributed by atoms with Gasteiger partial charge in [-0.2, -0.15) is 0 Å². The van der Waals surface area contributed by atoms with Gasteiger partial charge in [0, 0.05) is 24.5 Å². The Bertz CT molecular complexity index is 1270. The Morgan fingerprint density at radius 3 is 2.40 bits per heavy atom. The number of rotatable bonds is 9. The van der Waals surface area contributed by atoms with E-state index in [0.717, 1.165) is 11.1 Å². The molecule has 188 valence electrons. The molecule has 0 aliphatic heterocycles. The molecule has 3 aromatic rings. The van der Waals surface area contributed by atoms with Crippen LogP contribution in [0.2, 0.25) is 0 Å². The highest BCUT2D eigenvalue weighted by molar-refractivity contribution is 7.90. The summed E-state index contributed by atoms with van der Waals surface area (Å²) in [4.78, 5) is 16.2. The van der Waals surface area contributed by atoms with Crippen molar-refractivity contribution in [1.29, 1.82) is 0 Å². The molecule has 1 amide bonds. The fourth-order valence-corrected chi connectivity index (χ4v) is 5.07. The Hall–Kier alpha value is -3.17. The molecule has 2 aromatic carbocycles. The first kappa shape index (κ1) is 26.4. The lowest BCUT2D eigenvalue weighted by Crippen LogP contribution is -2.31. The molecule has 0 bridgehead atoms. The molecule has 0 radical (unpaired) electrons. The Labute approximate surface area is 207 Å². The van der Waals surface area contributed by atoms with E-state index in [9.17, 15) is 18.3 Å². The summed E-state index contributed by atoms with van der Waals surface area (Å²) in [6.07, 6.45) is 3.15. The second-order valence-corrected chi connectivity index (χ2v) is 11.0. The van der Waals surface area contributed by atoms with Crippen molar-refractivity contribution in [1.82, 2.24) is 14.3 Å². The van der Waals surface area contributed by atoms with E-state index in [1.165, 1.54) is 0 Å². The van der Waals surface area contributed by atoms with Crippen LogP contribution in [0.3, 0.4) is 0 Å². The predicted molar refractivity (Wildman–Crippen MR) is 134 cm³/mol. The van der Waals surface area contributed by atoms with Gasteiger partial charge in [0.25, 0.3) is 10.0 Å². The minimum atomic E-state index is -4.16. The van der Waals surface area contributed by atoms with Gasteiger partial charge in [-0.1, -0.05) is 50.2 Å². The molecule has 1 aromatic heterocycles. The molecule has 0 aliphatic rings. The number of carbonyl (C=O) groups excluding carboxylic acids is 1. The van der Waals surface area contributed by atoms with Crippen molar-refractivity contribution in [2.45, 2.75) is 58.1 Å². The fourth-order valence-electron chi connectivity index (χ4n) is 3.90. The zero-order valence-corrected chi connectivity index (χ0v) is 21.6. The monoisotopic (exact) mass is 499 g/mol. The number of aromatic nitrogens is 2. The lowest BCUT2D eigenvalue weighted by Gasteiger charge is -2.19. The van der Waals surface area contributed by atoms with Crippen LogP contribution in [0.5, 0.6) is 0 Å². The van der Waals surface area contributed by atoms with E-state index in [4.69, 9.17) is 4.74 Å². The molecule has 1 heterocycles. The topological polar surface area (TPSA) is 111 Å². The Kier molecular flexibility index (Phi) is 8.02. The Morgan fingerprint density at radius 2 is 1.80 bits per heavy atom. The van der Waals surface area contributed by atoms with Gasteiger partial charge in [0.2, 0.25) is 0 Å². The van der Waals surface area contributed by atoms with E-state index in [-0.39, 0.29) is 11.5 Å². The third kappa shape index (κ3) is 6.70. The summed E-state index contributed by atoms with van der Waals surface area (Å²) in [7, 11) is -4.16. The van der Waals surface area contributed by atoms with Crippen molar-refractivity contribution in [3.05, 3.63) is 71.8 Å². The van der Waals surface area contributed by atoms with Crippen molar-refractivity contribution in [3.63, 3.8) is 0 Å². The number of amides is 1. The maximum absolute atomic E-state index is 13.1. The van der Waals surface area contributed by atoms with E-state index in [2.05, 4.69) is 18.8 Å². The van der Waals surface area contributed by atoms with E-state index in [0.29, 0.717) is 35.8 Å². The first-order chi connectivity index (χ1) is 16.4. The molecule has 0 aliphatic carbocycles. The summed E-state index contributed by atoms with van der Waals surface area (Å²) < 4.78 is 34.9. The number of aliphatic hydroxyl groups is 1. The fraction of sp³-hybridized carbons (Fsp3) is 0.385. The van der Waals surface area contributed by atoms with Gasteiger partial charge in [0.05, 0.1) is 11.5 Å². The van der Waals surface area contributed by atoms with E-state index in [1.807, 2.05) is 39.6 Å². The average Bonchev–Trinajstić information content (AvgIpc) is 3.22. The first-order valence-electron chi connectivity index (χ1n) is 11.6. The van der Waals surface area contributed by atoms with Gasteiger partial charge in [-0.05, 0) is 55.9 Å². The van der Waals surface area contributed by atoms with Crippen LogP contribution in [0.15, 0.2) is 59.8 Å². The quantitative estimate of drug-likeness (QED) is 0.450. The Morgan fingerprint density at radius 1 is 1.14 bits per heavy atom. The highest BCUT2D eigenvalue weighted by atomic mass is 32.2. The molecule has 3 rings (SSSR count). The molecular weight excluding hydrogens is 466 g/mol. The highest BCUT2D eigenvalue weighted by Gasteiger charge is 2.24. The lowest BCUT2D eigenvalue weighted by atomic mass is 9.98. The van der Waals surface area contributed by atoms with Gasteiger partial charge >= 0.3 is 6.09 Å². The number of benzene rings is 2. The standard InChI is InChI=1S/C26H33N3O5S/c1-6-34-25(30)28-35(32,33)23-16-20(15-18(2)3)9-12-22(23)21-10-7-19(8-11-21)17-29-14-13-27-24(29)26(4,5)31/h7-14,16,18,31H,6,15,17H2,1-5H3,(H,28,30). The van der Waals surface area contributed by atoms with Crippen LogP contribution in [0, 0.1) is 5.92 Å². The number of hydrogen-bond acceptors (Lipinski definition) is 6. The number of sulfonamides is 1. The number of imidazole rings is 1. The number of nitrogens with zero attached hydrogens (tertiary/aromatic N) is 2. The van der Waals surface area contributed by atoms with Gasteiger partial charge < -0.3 is 14.4 Å². The van der Waals surface area contributed by atoms with Gasteiger partial charge in [-0.15, -0.1) is 0 Å². The summed E-state index contributed by atoms with van der Waals surface area (Å²) in [5.74, 6) is 0.895. The first-order valence-corrected chi connectivity index (χ1v) is 13.0. The smallest absolute Gasteiger partial charge is 0.421 e. The summed E-state index contributed by atoms with van der Waals surface area (Å²) in [5.41, 5.74) is 1.94. The number of nitrogens with one attached hydrogen (secondary N) is 1. The predicted octanol–water partition coefficient (Wildman–Crippen LogP) is 4.46. The summed E-state index contributed by atoms with van der Waals surface area (Å²) >= 11 is 0. The molecule has 0 spiro atoms. The number of hydrogen-bond donors (Lipinski definition) is 2. The molecule has 0 fully saturated rings. The zero-order valence-electron chi connectivity index (χ0n) is 20.8. The van der Waals surface area contributed by atoms with Crippen LogP contribution in [0.4, 0.5) is 4.79 Å². The van der Waals surface area contributed by atoms with E-state index < -0.39 is 21.7 Å². The summed E-state index contributed by atoms with van der Waals surface area (Å²) in [5, 5.41) is 10.3. The second kappa shape index (κ2) is 10.6. The average molecular weight is 500 g/mol. The van der Waals surface area contributed by atoms with Crippen LogP contribution in [0.1, 0.15) is 51.6 Å². The molecule has 0 saturated heterocycles. The largest absolute Gasteiger partial charge is 0.449 e. The van der Waals surface area contributed by atoms with Crippen molar-refractivity contribution >= 4 is 16.1 Å². The molecule has 0 unspecified atom stereocenters. The minimum Gasteiger partial charge on any atom is -0.449 e. The third-order valence-electron chi connectivity index (χ3n) is 5.35. The van der Waals surface area contributed by atoms with Gasteiger partial charge in [-0.3, -0.25) is 0 Å². The van der Waals surface area contributed by atoms with Crippen LogP contribution in [-0.4, -0.2) is 35.8 Å². The van der Waals surface area contributed by atoms with Gasteiger partial charge in [0.15, 0.2) is 0 Å². The normalized spacial score (nSPS) is 12.1. The second-order valence-electron chi connectivity index (χ2n) is 9.39. The van der Waals surface area contributed by atoms with Gasteiger partial charge in [-0.25, -0.2) is 22.9 Å². The lowest BCUT2D eigenvalue weighted by molar-refractivity contribution is 0.0652. The molecule has 0 saturated carbocycles. The highest BCUT2D eigenvalue weighted by Crippen LogP contribution is 2.30. The minimum absolute atomic E-state index is 0.0235. The molecule has 2 N–H and O–H groups in total. The molecule has 9 heteroatoms. The Balaban J connectivity index is 1.96. The van der Waals surface area contributed by atoms with Crippen molar-refractivity contribution in [2.24, 2.45) is 5.92 Å². The molecule has 35 heavy (non-hydrogen) atoms. The maximum atomic E-state index is 13.1. The maximum Gasteiger partial charge on any atom is 0.421 e. The molecule has 0 atom stereocenters. The summed E-state index contributed by atoms with van der Waals surface area (Å²) in [6, 6.07) is 12.8. The number of ether oxygens (including phenoxy) is 1.